The molecule has 1 aliphatic heterocycles. The maximum Gasteiger partial charge on any atom is 0.223 e. The molecule has 2 amide bonds. The van der Waals surface area contributed by atoms with E-state index in [9.17, 15) is 9.59 Å². The fourth-order valence-electron chi connectivity index (χ4n) is 2.98. The molecular weight excluding hydrogens is 344 g/mol. The Morgan fingerprint density at radius 2 is 2.11 bits per heavy atom. The fourth-order valence-corrected chi connectivity index (χ4v) is 2.98. The van der Waals surface area contributed by atoms with E-state index in [2.05, 4.69) is 20.3 Å². The lowest BCUT2D eigenvalue weighted by atomic mass is 10.0. The molecule has 1 aliphatic rings. The molecule has 2 aromatic rings. The molecule has 0 aromatic carbocycles. The number of nitrogens with one attached hydrogen (secondary N) is 1. The van der Waals surface area contributed by atoms with Crippen LogP contribution in [-0.2, 0) is 22.6 Å². The van der Waals surface area contributed by atoms with Crippen LogP contribution >= 0.6 is 0 Å². The summed E-state index contributed by atoms with van der Waals surface area (Å²) in [6.07, 6.45) is 4.48. The van der Waals surface area contributed by atoms with Gasteiger partial charge in [0.1, 0.15) is 5.82 Å². The zero-order chi connectivity index (χ0) is 19.4. The molecule has 0 unspecified atom stereocenters. The Hall–Kier alpha value is -3.03. The van der Waals surface area contributed by atoms with Gasteiger partial charge in [-0.15, -0.1) is 0 Å². The molecular formula is C19H24N6O2. The summed E-state index contributed by atoms with van der Waals surface area (Å²) in [5.74, 6) is 1.39. The van der Waals surface area contributed by atoms with E-state index < -0.39 is 0 Å². The Balaban J connectivity index is 1.90. The van der Waals surface area contributed by atoms with Gasteiger partial charge in [0.05, 0.1) is 12.2 Å². The number of amides is 2. The molecule has 8 heteroatoms. The normalized spacial score (nSPS) is 13.1. The lowest BCUT2D eigenvalue weighted by Gasteiger charge is -2.28. The molecule has 0 atom stereocenters. The minimum absolute atomic E-state index is 0.0354. The van der Waals surface area contributed by atoms with Crippen molar-refractivity contribution in [2.75, 3.05) is 32.5 Å². The molecule has 1 N–H and O–H groups in total. The van der Waals surface area contributed by atoms with E-state index in [-0.39, 0.29) is 11.8 Å². The predicted octanol–water partition coefficient (Wildman–Crippen LogP) is 1.33. The summed E-state index contributed by atoms with van der Waals surface area (Å²) >= 11 is 0. The van der Waals surface area contributed by atoms with E-state index in [1.54, 1.807) is 43.2 Å². The molecule has 142 valence electrons. The standard InChI is InChI=1S/C19H24N6O2/c1-13(26)25-10-7-15-16(12-25)22-18(14-5-4-8-20-11-14)23-19(15)21-9-6-17(27)24(2)3/h4-5,8,11H,6-7,9-10,12H2,1-3H3,(H,21,22,23). The Morgan fingerprint density at radius 1 is 1.30 bits per heavy atom. The van der Waals surface area contributed by atoms with Gasteiger partial charge in [-0.1, -0.05) is 0 Å². The van der Waals surface area contributed by atoms with Crippen molar-refractivity contribution in [2.24, 2.45) is 0 Å². The highest BCUT2D eigenvalue weighted by Crippen LogP contribution is 2.27. The van der Waals surface area contributed by atoms with Crippen LogP contribution in [0.25, 0.3) is 11.4 Å². The largest absolute Gasteiger partial charge is 0.369 e. The highest BCUT2D eigenvalue weighted by molar-refractivity contribution is 5.76. The molecule has 0 spiro atoms. The third-order valence-corrected chi connectivity index (χ3v) is 4.56. The number of anilines is 1. The van der Waals surface area contributed by atoms with E-state index in [0.717, 1.165) is 22.6 Å². The molecule has 8 nitrogen and oxygen atoms in total. The van der Waals surface area contributed by atoms with E-state index in [1.165, 1.54) is 0 Å². The molecule has 27 heavy (non-hydrogen) atoms. The monoisotopic (exact) mass is 368 g/mol. The zero-order valence-electron chi connectivity index (χ0n) is 15.9. The number of carbonyl (C=O) groups excluding carboxylic acids is 2. The molecule has 0 radical (unpaired) electrons. The first kappa shape index (κ1) is 18.8. The van der Waals surface area contributed by atoms with Crippen molar-refractivity contribution >= 4 is 17.6 Å². The van der Waals surface area contributed by atoms with Gasteiger partial charge in [0.2, 0.25) is 11.8 Å². The summed E-state index contributed by atoms with van der Waals surface area (Å²) in [6.45, 7) is 3.17. The van der Waals surface area contributed by atoms with Gasteiger partial charge in [-0.3, -0.25) is 14.6 Å². The number of fused-ring (bicyclic) bond motifs is 1. The van der Waals surface area contributed by atoms with Crippen LogP contribution in [-0.4, -0.2) is 63.8 Å². The lowest BCUT2D eigenvalue weighted by molar-refractivity contribution is -0.130. The summed E-state index contributed by atoms with van der Waals surface area (Å²) in [6, 6.07) is 3.74. The number of pyridine rings is 1. The smallest absolute Gasteiger partial charge is 0.223 e. The highest BCUT2D eigenvalue weighted by atomic mass is 16.2. The average Bonchev–Trinajstić information content (AvgIpc) is 2.67. The molecule has 0 bridgehead atoms. The van der Waals surface area contributed by atoms with Crippen LogP contribution in [0.15, 0.2) is 24.5 Å². The van der Waals surface area contributed by atoms with Gasteiger partial charge in [-0.05, 0) is 18.6 Å². The van der Waals surface area contributed by atoms with Crippen molar-refractivity contribution in [3.8, 4) is 11.4 Å². The van der Waals surface area contributed by atoms with Crippen LogP contribution in [0.1, 0.15) is 24.6 Å². The third kappa shape index (κ3) is 4.39. The third-order valence-electron chi connectivity index (χ3n) is 4.56. The van der Waals surface area contributed by atoms with Gasteiger partial charge in [0, 0.05) is 64.1 Å². The van der Waals surface area contributed by atoms with Gasteiger partial charge < -0.3 is 15.1 Å². The van der Waals surface area contributed by atoms with Crippen LogP contribution in [0.3, 0.4) is 0 Å². The van der Waals surface area contributed by atoms with Crippen molar-refractivity contribution < 1.29 is 9.59 Å². The van der Waals surface area contributed by atoms with Crippen molar-refractivity contribution in [3.63, 3.8) is 0 Å². The molecule has 3 heterocycles. The summed E-state index contributed by atoms with van der Waals surface area (Å²) in [5, 5.41) is 3.29. The van der Waals surface area contributed by atoms with Crippen molar-refractivity contribution in [2.45, 2.75) is 26.3 Å². The number of hydrogen-bond acceptors (Lipinski definition) is 6. The Morgan fingerprint density at radius 3 is 2.78 bits per heavy atom. The molecule has 0 saturated carbocycles. The maximum atomic E-state index is 11.8. The second-order valence-corrected chi connectivity index (χ2v) is 6.72. The van der Waals surface area contributed by atoms with Gasteiger partial charge in [0.15, 0.2) is 5.82 Å². The van der Waals surface area contributed by atoms with E-state index >= 15 is 0 Å². The first-order valence-electron chi connectivity index (χ1n) is 8.95. The van der Waals surface area contributed by atoms with E-state index in [4.69, 9.17) is 0 Å². The molecule has 2 aromatic heterocycles. The summed E-state index contributed by atoms with van der Waals surface area (Å²) < 4.78 is 0. The highest BCUT2D eigenvalue weighted by Gasteiger charge is 2.24. The van der Waals surface area contributed by atoms with Crippen LogP contribution in [0.2, 0.25) is 0 Å². The summed E-state index contributed by atoms with van der Waals surface area (Å²) in [4.78, 5) is 40.5. The van der Waals surface area contributed by atoms with Crippen LogP contribution in [0.5, 0.6) is 0 Å². The number of hydrogen-bond donors (Lipinski definition) is 1. The van der Waals surface area contributed by atoms with Gasteiger partial charge in [0.25, 0.3) is 0 Å². The Labute approximate surface area is 158 Å². The number of nitrogens with zero attached hydrogens (tertiary/aromatic N) is 5. The predicted molar refractivity (Wildman–Crippen MR) is 102 cm³/mol. The summed E-state index contributed by atoms with van der Waals surface area (Å²) in [7, 11) is 3.48. The first-order chi connectivity index (χ1) is 13.0. The van der Waals surface area contributed by atoms with Crippen molar-refractivity contribution in [3.05, 3.63) is 35.8 Å². The molecule has 0 aliphatic carbocycles. The zero-order valence-corrected chi connectivity index (χ0v) is 15.9. The first-order valence-corrected chi connectivity index (χ1v) is 8.95. The quantitative estimate of drug-likeness (QED) is 0.856. The second kappa shape index (κ2) is 8.11. The summed E-state index contributed by atoms with van der Waals surface area (Å²) in [5.41, 5.74) is 2.66. The molecule has 0 saturated heterocycles. The van der Waals surface area contributed by atoms with E-state index in [0.29, 0.717) is 38.3 Å². The SMILES string of the molecule is CC(=O)N1CCc2c(nc(-c3cccnc3)nc2NCCC(=O)N(C)C)C1. The Kier molecular flexibility index (Phi) is 5.63. The van der Waals surface area contributed by atoms with Gasteiger partial charge in [-0.25, -0.2) is 9.97 Å². The second-order valence-electron chi connectivity index (χ2n) is 6.72. The van der Waals surface area contributed by atoms with Crippen molar-refractivity contribution in [1.82, 2.24) is 24.8 Å². The minimum atomic E-state index is 0.0354. The van der Waals surface area contributed by atoms with Crippen molar-refractivity contribution in [1.29, 1.82) is 0 Å². The Bertz CT molecular complexity index is 838. The van der Waals surface area contributed by atoms with Gasteiger partial charge >= 0.3 is 0 Å². The van der Waals surface area contributed by atoms with Gasteiger partial charge in [-0.2, -0.15) is 0 Å². The van der Waals surface area contributed by atoms with E-state index in [1.807, 2.05) is 12.1 Å². The fraction of sp³-hybridized carbons (Fsp3) is 0.421. The number of aromatic nitrogens is 3. The van der Waals surface area contributed by atoms with Crippen LogP contribution < -0.4 is 5.32 Å². The topological polar surface area (TPSA) is 91.3 Å². The molecule has 3 rings (SSSR count). The number of rotatable bonds is 5. The minimum Gasteiger partial charge on any atom is -0.369 e. The number of carbonyl (C=O) groups is 2. The average molecular weight is 368 g/mol. The maximum absolute atomic E-state index is 11.8. The van der Waals surface area contributed by atoms with Crippen LogP contribution in [0, 0.1) is 0 Å². The van der Waals surface area contributed by atoms with Crippen LogP contribution in [0.4, 0.5) is 5.82 Å². The lowest BCUT2D eigenvalue weighted by Crippen LogP contribution is -2.35. The molecule has 0 fully saturated rings.